The third-order valence-electron chi connectivity index (χ3n) is 4.82. The summed E-state index contributed by atoms with van der Waals surface area (Å²) < 4.78 is 2.85. The van der Waals surface area contributed by atoms with Crippen molar-refractivity contribution in [1.29, 1.82) is 5.41 Å². The number of carbonyl (C=O) groups is 1. The van der Waals surface area contributed by atoms with Gasteiger partial charge in [-0.05, 0) is 26.7 Å². The van der Waals surface area contributed by atoms with E-state index >= 15 is 0 Å². The Bertz CT molecular complexity index is 1230. The van der Waals surface area contributed by atoms with Crippen molar-refractivity contribution in [2.24, 2.45) is 5.73 Å². The molecule has 0 bridgehead atoms. The number of benzene rings is 1. The van der Waals surface area contributed by atoms with Crippen LogP contribution in [0.25, 0.3) is 22.6 Å². The lowest BCUT2D eigenvalue weighted by atomic mass is 10.1. The SMILES string of the molecule is Br.Br.CC(C)n1c(-c2ccc(C(=N)N)cc2)nc2c(=O)n(CCCCC(=O)O)c(=O)[nH]c21. The monoisotopic (exact) mass is 572 g/mol. The Morgan fingerprint density at radius 1 is 1.19 bits per heavy atom. The van der Waals surface area contributed by atoms with Gasteiger partial charge in [0, 0.05) is 30.1 Å². The van der Waals surface area contributed by atoms with E-state index in [1.807, 2.05) is 13.8 Å². The van der Waals surface area contributed by atoms with Crippen molar-refractivity contribution in [3.8, 4) is 11.4 Å². The van der Waals surface area contributed by atoms with E-state index < -0.39 is 17.2 Å². The number of halogens is 2. The van der Waals surface area contributed by atoms with Gasteiger partial charge in [0.05, 0.1) is 0 Å². The van der Waals surface area contributed by atoms with Gasteiger partial charge in [-0.15, -0.1) is 34.0 Å². The first-order valence-electron chi connectivity index (χ1n) is 9.62. The molecule has 0 unspecified atom stereocenters. The van der Waals surface area contributed by atoms with Gasteiger partial charge >= 0.3 is 11.7 Å². The number of nitrogens with zero attached hydrogens (tertiary/aromatic N) is 3. The molecule has 0 radical (unpaired) electrons. The average Bonchev–Trinajstić information content (AvgIpc) is 3.06. The van der Waals surface area contributed by atoms with E-state index in [9.17, 15) is 14.4 Å². The van der Waals surface area contributed by atoms with E-state index in [1.165, 1.54) is 0 Å². The topological polar surface area (TPSA) is 160 Å². The fraction of sp³-hybridized carbons (Fsp3) is 0.350. The van der Waals surface area contributed by atoms with Gasteiger partial charge in [-0.25, -0.2) is 9.78 Å². The second-order valence-corrected chi connectivity index (χ2v) is 7.33. The zero-order valence-corrected chi connectivity index (χ0v) is 21.0. The van der Waals surface area contributed by atoms with Gasteiger partial charge in [0.25, 0.3) is 5.56 Å². The molecule has 12 heteroatoms. The molecule has 2 heterocycles. The number of hydrogen-bond acceptors (Lipinski definition) is 5. The molecule has 10 nitrogen and oxygen atoms in total. The number of rotatable bonds is 8. The minimum atomic E-state index is -0.914. The van der Waals surface area contributed by atoms with Crippen molar-refractivity contribution < 1.29 is 9.90 Å². The van der Waals surface area contributed by atoms with Gasteiger partial charge in [0.2, 0.25) is 0 Å². The van der Waals surface area contributed by atoms with Crippen molar-refractivity contribution in [3.05, 3.63) is 50.7 Å². The van der Waals surface area contributed by atoms with E-state index in [4.69, 9.17) is 16.2 Å². The van der Waals surface area contributed by atoms with Crippen LogP contribution in [0.1, 0.15) is 44.7 Å². The number of aromatic amines is 1. The Balaban J connectivity index is 0.00000256. The molecule has 0 spiro atoms. The number of H-pyrrole nitrogens is 1. The van der Waals surface area contributed by atoms with Crippen LogP contribution in [-0.2, 0) is 11.3 Å². The van der Waals surface area contributed by atoms with Crippen molar-refractivity contribution in [2.45, 2.75) is 45.7 Å². The lowest BCUT2D eigenvalue weighted by Gasteiger charge is -2.13. The molecule has 3 aromatic rings. The molecule has 2 aromatic heterocycles. The fourth-order valence-corrected chi connectivity index (χ4v) is 3.34. The summed E-state index contributed by atoms with van der Waals surface area (Å²) in [7, 11) is 0. The number of aliphatic carboxylic acids is 1. The summed E-state index contributed by atoms with van der Waals surface area (Å²) in [5.41, 5.74) is 6.22. The van der Waals surface area contributed by atoms with Crippen LogP contribution in [0.4, 0.5) is 0 Å². The molecule has 32 heavy (non-hydrogen) atoms. The Morgan fingerprint density at radius 3 is 2.34 bits per heavy atom. The first kappa shape index (κ1) is 27.3. The van der Waals surface area contributed by atoms with E-state index in [1.54, 1.807) is 28.8 Å². The van der Waals surface area contributed by atoms with Gasteiger partial charge in [-0.1, -0.05) is 24.3 Å². The van der Waals surface area contributed by atoms with Crippen LogP contribution < -0.4 is 17.0 Å². The summed E-state index contributed by atoms with van der Waals surface area (Å²) in [5, 5.41) is 16.3. The first-order chi connectivity index (χ1) is 14.2. The van der Waals surface area contributed by atoms with E-state index in [0.717, 1.165) is 10.1 Å². The van der Waals surface area contributed by atoms with E-state index in [-0.39, 0.29) is 64.3 Å². The minimum absolute atomic E-state index is 0. The maximum Gasteiger partial charge on any atom is 0.330 e. The Hall–Kier alpha value is -2.73. The fourth-order valence-electron chi connectivity index (χ4n) is 3.34. The molecule has 1 aromatic carbocycles. The Kier molecular flexibility index (Phi) is 9.58. The number of carboxylic acid groups (broad SMARTS) is 1. The summed E-state index contributed by atoms with van der Waals surface area (Å²) in [4.78, 5) is 43.4. The lowest BCUT2D eigenvalue weighted by molar-refractivity contribution is -0.137. The number of nitrogens with one attached hydrogen (secondary N) is 2. The number of imidazole rings is 1. The maximum atomic E-state index is 12.9. The van der Waals surface area contributed by atoms with Gasteiger partial charge in [-0.3, -0.25) is 24.5 Å². The zero-order valence-electron chi connectivity index (χ0n) is 17.6. The second-order valence-electron chi connectivity index (χ2n) is 7.33. The minimum Gasteiger partial charge on any atom is -0.481 e. The highest BCUT2D eigenvalue weighted by Crippen LogP contribution is 2.26. The number of unbranched alkanes of at least 4 members (excludes halogenated alkanes) is 1. The summed E-state index contributed by atoms with van der Waals surface area (Å²) >= 11 is 0. The average molecular weight is 574 g/mol. The van der Waals surface area contributed by atoms with Gasteiger partial charge in [0.1, 0.15) is 17.3 Å². The number of fused-ring (bicyclic) bond motifs is 1. The molecule has 5 N–H and O–H groups in total. The second kappa shape index (κ2) is 11.2. The van der Waals surface area contributed by atoms with Gasteiger partial charge in [-0.2, -0.15) is 0 Å². The predicted octanol–water partition coefficient (Wildman–Crippen LogP) is 2.83. The normalized spacial score (nSPS) is 10.6. The summed E-state index contributed by atoms with van der Waals surface area (Å²) in [6.45, 7) is 3.96. The predicted molar refractivity (Wildman–Crippen MR) is 134 cm³/mol. The Labute approximate surface area is 204 Å². The summed E-state index contributed by atoms with van der Waals surface area (Å²) in [5.74, 6) is -0.441. The molecule has 0 atom stereocenters. The number of nitrogens with two attached hydrogens (primary N) is 1. The number of nitrogen functional groups attached to an aromatic ring is 1. The highest BCUT2D eigenvalue weighted by Gasteiger charge is 2.20. The molecular formula is C20H26Br2N6O4. The lowest BCUT2D eigenvalue weighted by Crippen LogP contribution is -2.35. The van der Waals surface area contributed by atoms with Crippen molar-refractivity contribution in [2.75, 3.05) is 0 Å². The van der Waals surface area contributed by atoms with Crippen LogP contribution in [0.3, 0.4) is 0 Å². The van der Waals surface area contributed by atoms with E-state index in [0.29, 0.717) is 29.9 Å². The number of hydrogen-bond donors (Lipinski definition) is 4. The van der Waals surface area contributed by atoms with Crippen LogP contribution in [0, 0.1) is 5.41 Å². The zero-order chi connectivity index (χ0) is 22.0. The quantitative estimate of drug-likeness (QED) is 0.184. The molecule has 0 saturated carbocycles. The molecule has 0 saturated heterocycles. The van der Waals surface area contributed by atoms with Crippen molar-refractivity contribution >= 4 is 56.9 Å². The summed E-state index contributed by atoms with van der Waals surface area (Å²) in [6, 6.07) is 6.84. The van der Waals surface area contributed by atoms with Crippen LogP contribution in [-0.4, -0.2) is 36.0 Å². The molecule has 0 aliphatic rings. The van der Waals surface area contributed by atoms with Crippen LogP contribution in [0.5, 0.6) is 0 Å². The Morgan fingerprint density at radius 2 is 1.81 bits per heavy atom. The third-order valence-corrected chi connectivity index (χ3v) is 4.82. The smallest absolute Gasteiger partial charge is 0.330 e. The maximum absolute atomic E-state index is 12.9. The standard InChI is InChI=1S/C20H24N6O4.2BrH/c1-11(2)26-17(13-8-6-12(7-9-13)16(21)22)23-15-18(26)24-20(30)25(19(15)29)10-4-3-5-14(27)28;;/h6-9,11H,3-5,10H2,1-2H3,(H3,21,22)(H,24,30)(H,27,28);2*1H. The van der Waals surface area contributed by atoms with Crippen LogP contribution in [0.2, 0.25) is 0 Å². The summed E-state index contributed by atoms with van der Waals surface area (Å²) in [6.07, 6.45) is 0.746. The van der Waals surface area contributed by atoms with Gasteiger partial charge in [0.15, 0.2) is 5.52 Å². The molecule has 3 rings (SSSR count). The number of aromatic nitrogens is 4. The first-order valence-corrected chi connectivity index (χ1v) is 9.62. The molecule has 0 amide bonds. The highest BCUT2D eigenvalue weighted by molar-refractivity contribution is 8.93. The molecular weight excluding hydrogens is 548 g/mol. The van der Waals surface area contributed by atoms with Crippen LogP contribution in [0.15, 0.2) is 33.9 Å². The molecule has 0 fully saturated rings. The third kappa shape index (κ3) is 5.54. The van der Waals surface area contributed by atoms with Crippen molar-refractivity contribution in [3.63, 3.8) is 0 Å². The van der Waals surface area contributed by atoms with Crippen LogP contribution >= 0.6 is 34.0 Å². The largest absolute Gasteiger partial charge is 0.481 e. The molecule has 0 aliphatic heterocycles. The van der Waals surface area contributed by atoms with E-state index in [2.05, 4.69) is 9.97 Å². The van der Waals surface area contributed by atoms with Crippen molar-refractivity contribution in [1.82, 2.24) is 19.1 Å². The molecule has 174 valence electrons. The number of carboxylic acids is 1. The highest BCUT2D eigenvalue weighted by atomic mass is 79.9. The number of amidine groups is 1. The van der Waals surface area contributed by atoms with Gasteiger partial charge < -0.3 is 15.4 Å². The molecule has 0 aliphatic carbocycles.